The summed E-state index contributed by atoms with van der Waals surface area (Å²) in [7, 11) is 0. The van der Waals surface area contributed by atoms with Crippen LogP contribution in [0.3, 0.4) is 0 Å². The SMILES string of the molecule is CCCCC(CC)C(=O)Nc1nc2ccc(Br)cc2s1. The molecule has 1 atom stereocenters. The van der Waals surface area contributed by atoms with Gasteiger partial charge in [-0.1, -0.05) is 54.0 Å². The molecule has 0 bridgehead atoms. The Morgan fingerprint density at radius 3 is 2.95 bits per heavy atom. The van der Waals surface area contributed by atoms with E-state index in [9.17, 15) is 4.79 Å². The average Bonchev–Trinajstić information content (AvgIpc) is 2.80. The fourth-order valence-corrected chi connectivity index (χ4v) is 3.55. The van der Waals surface area contributed by atoms with Crippen LogP contribution >= 0.6 is 27.3 Å². The van der Waals surface area contributed by atoms with Crippen molar-refractivity contribution in [3.05, 3.63) is 22.7 Å². The number of anilines is 1. The van der Waals surface area contributed by atoms with Crippen molar-refractivity contribution in [2.75, 3.05) is 5.32 Å². The van der Waals surface area contributed by atoms with Crippen LogP contribution in [0, 0.1) is 5.92 Å². The van der Waals surface area contributed by atoms with Crippen LogP contribution in [0.15, 0.2) is 22.7 Å². The number of carbonyl (C=O) groups is 1. The Kier molecular flexibility index (Phi) is 5.54. The third-order valence-corrected chi connectivity index (χ3v) is 4.78. The highest BCUT2D eigenvalue weighted by atomic mass is 79.9. The van der Waals surface area contributed by atoms with Crippen molar-refractivity contribution in [2.45, 2.75) is 39.5 Å². The number of thiazole rings is 1. The third kappa shape index (κ3) is 3.79. The fraction of sp³-hybridized carbons (Fsp3) is 0.467. The fourth-order valence-electron chi connectivity index (χ4n) is 2.13. The maximum Gasteiger partial charge on any atom is 0.229 e. The summed E-state index contributed by atoms with van der Waals surface area (Å²) in [6.45, 7) is 4.21. The number of hydrogen-bond donors (Lipinski definition) is 1. The molecule has 0 aliphatic carbocycles. The zero-order valence-corrected chi connectivity index (χ0v) is 14.2. The van der Waals surface area contributed by atoms with Gasteiger partial charge in [0, 0.05) is 10.4 Å². The van der Waals surface area contributed by atoms with E-state index >= 15 is 0 Å². The lowest BCUT2D eigenvalue weighted by atomic mass is 9.99. The predicted molar refractivity (Wildman–Crippen MR) is 89.3 cm³/mol. The molecule has 2 aromatic rings. The van der Waals surface area contributed by atoms with Gasteiger partial charge in [0.1, 0.15) is 0 Å². The van der Waals surface area contributed by atoms with Gasteiger partial charge in [0.25, 0.3) is 0 Å². The van der Waals surface area contributed by atoms with E-state index in [0.29, 0.717) is 5.13 Å². The molecule has 108 valence electrons. The highest BCUT2D eigenvalue weighted by Gasteiger charge is 2.17. The van der Waals surface area contributed by atoms with Crippen LogP contribution in [-0.4, -0.2) is 10.9 Å². The van der Waals surface area contributed by atoms with Crippen LogP contribution in [0.4, 0.5) is 5.13 Å². The summed E-state index contributed by atoms with van der Waals surface area (Å²) in [5.41, 5.74) is 0.926. The molecule has 0 saturated heterocycles. The van der Waals surface area contributed by atoms with Crippen LogP contribution in [0.5, 0.6) is 0 Å². The topological polar surface area (TPSA) is 42.0 Å². The minimum absolute atomic E-state index is 0.0914. The molecule has 0 spiro atoms. The number of hydrogen-bond acceptors (Lipinski definition) is 3. The number of nitrogens with one attached hydrogen (secondary N) is 1. The largest absolute Gasteiger partial charge is 0.302 e. The summed E-state index contributed by atoms with van der Waals surface area (Å²) < 4.78 is 2.11. The maximum atomic E-state index is 12.2. The molecule has 0 aliphatic heterocycles. The summed E-state index contributed by atoms with van der Waals surface area (Å²) in [6.07, 6.45) is 4.05. The number of amides is 1. The molecule has 0 saturated carbocycles. The molecular weight excluding hydrogens is 336 g/mol. The van der Waals surface area contributed by atoms with Crippen LogP contribution in [0.25, 0.3) is 10.2 Å². The van der Waals surface area contributed by atoms with Gasteiger partial charge in [-0.25, -0.2) is 4.98 Å². The van der Waals surface area contributed by atoms with Crippen molar-refractivity contribution in [2.24, 2.45) is 5.92 Å². The van der Waals surface area contributed by atoms with Crippen LogP contribution in [0.2, 0.25) is 0 Å². The van der Waals surface area contributed by atoms with Gasteiger partial charge in [0.05, 0.1) is 10.2 Å². The minimum atomic E-state index is 0.0914. The van der Waals surface area contributed by atoms with Crippen LogP contribution in [-0.2, 0) is 4.79 Å². The van der Waals surface area contributed by atoms with Gasteiger partial charge >= 0.3 is 0 Å². The summed E-state index contributed by atoms with van der Waals surface area (Å²) in [6, 6.07) is 5.95. The summed E-state index contributed by atoms with van der Waals surface area (Å²) in [4.78, 5) is 16.7. The first-order valence-electron chi connectivity index (χ1n) is 7.01. The standard InChI is InChI=1S/C15H19BrN2OS/c1-3-5-6-10(4-2)14(19)18-15-17-12-8-7-11(16)9-13(12)20-15/h7-10H,3-6H2,1-2H3,(H,17,18,19). The molecule has 1 aromatic heterocycles. The van der Waals surface area contributed by atoms with E-state index in [1.165, 1.54) is 11.3 Å². The Balaban J connectivity index is 2.08. The van der Waals surface area contributed by atoms with Crippen molar-refractivity contribution in [1.29, 1.82) is 0 Å². The third-order valence-electron chi connectivity index (χ3n) is 3.35. The van der Waals surface area contributed by atoms with E-state index in [-0.39, 0.29) is 11.8 Å². The molecule has 1 amide bonds. The quantitative estimate of drug-likeness (QED) is 0.772. The highest BCUT2D eigenvalue weighted by Crippen LogP contribution is 2.29. The van der Waals surface area contributed by atoms with Crippen molar-refractivity contribution in [1.82, 2.24) is 4.98 Å². The first-order valence-corrected chi connectivity index (χ1v) is 8.62. The van der Waals surface area contributed by atoms with E-state index < -0.39 is 0 Å². The first-order chi connectivity index (χ1) is 9.63. The number of rotatable bonds is 6. The molecule has 1 heterocycles. The Hall–Kier alpha value is -0.940. The summed E-state index contributed by atoms with van der Waals surface area (Å²) >= 11 is 4.97. The van der Waals surface area contributed by atoms with E-state index in [2.05, 4.69) is 40.1 Å². The van der Waals surface area contributed by atoms with Crippen LogP contribution < -0.4 is 5.32 Å². The molecule has 5 heteroatoms. The molecule has 20 heavy (non-hydrogen) atoms. The normalized spacial score (nSPS) is 12.6. The number of aromatic nitrogens is 1. The molecule has 1 unspecified atom stereocenters. The molecule has 1 N–H and O–H groups in total. The van der Waals surface area contributed by atoms with E-state index in [1.54, 1.807) is 0 Å². The molecule has 0 aliphatic rings. The Morgan fingerprint density at radius 2 is 2.25 bits per heavy atom. The second kappa shape index (κ2) is 7.18. The monoisotopic (exact) mass is 354 g/mol. The Morgan fingerprint density at radius 1 is 1.45 bits per heavy atom. The first kappa shape index (κ1) is 15.4. The summed E-state index contributed by atoms with van der Waals surface area (Å²) in [5, 5.41) is 3.66. The van der Waals surface area contributed by atoms with Gasteiger partial charge < -0.3 is 5.32 Å². The lowest BCUT2D eigenvalue weighted by Gasteiger charge is -2.12. The molecule has 0 radical (unpaired) electrons. The minimum Gasteiger partial charge on any atom is -0.302 e. The second-order valence-corrected chi connectivity index (χ2v) is 6.81. The number of unbranched alkanes of at least 4 members (excludes halogenated alkanes) is 1. The number of nitrogens with zero attached hydrogens (tertiary/aromatic N) is 1. The molecular formula is C15H19BrN2OS. The van der Waals surface area contributed by atoms with E-state index in [1.807, 2.05) is 18.2 Å². The Labute approximate surface area is 131 Å². The maximum absolute atomic E-state index is 12.2. The average molecular weight is 355 g/mol. The number of carbonyl (C=O) groups excluding carboxylic acids is 1. The smallest absolute Gasteiger partial charge is 0.229 e. The van der Waals surface area contributed by atoms with Gasteiger partial charge in [-0.15, -0.1) is 0 Å². The van der Waals surface area contributed by atoms with Gasteiger partial charge in [-0.05, 0) is 31.0 Å². The predicted octanol–water partition coefficient (Wildman–Crippen LogP) is 5.21. The van der Waals surface area contributed by atoms with Crippen molar-refractivity contribution >= 4 is 48.5 Å². The molecule has 1 aromatic carbocycles. The lowest BCUT2D eigenvalue weighted by molar-refractivity contribution is -0.120. The Bertz CT molecular complexity index is 597. The van der Waals surface area contributed by atoms with Gasteiger partial charge in [0.2, 0.25) is 5.91 Å². The summed E-state index contributed by atoms with van der Waals surface area (Å²) in [5.74, 6) is 0.188. The molecule has 2 rings (SSSR count). The molecule has 0 fully saturated rings. The zero-order valence-electron chi connectivity index (χ0n) is 11.8. The lowest BCUT2D eigenvalue weighted by Crippen LogP contribution is -2.22. The van der Waals surface area contributed by atoms with Gasteiger partial charge in [-0.3, -0.25) is 4.79 Å². The number of halogens is 1. The molecule has 3 nitrogen and oxygen atoms in total. The van der Waals surface area contributed by atoms with Crippen molar-refractivity contribution < 1.29 is 4.79 Å². The number of fused-ring (bicyclic) bond motifs is 1. The van der Waals surface area contributed by atoms with Crippen molar-refractivity contribution in [3.63, 3.8) is 0 Å². The highest BCUT2D eigenvalue weighted by molar-refractivity contribution is 9.10. The van der Waals surface area contributed by atoms with Gasteiger partial charge in [-0.2, -0.15) is 0 Å². The zero-order chi connectivity index (χ0) is 14.5. The van der Waals surface area contributed by atoms with Crippen LogP contribution in [0.1, 0.15) is 39.5 Å². The van der Waals surface area contributed by atoms with E-state index in [0.717, 1.165) is 40.4 Å². The van der Waals surface area contributed by atoms with E-state index in [4.69, 9.17) is 0 Å². The van der Waals surface area contributed by atoms with Gasteiger partial charge in [0.15, 0.2) is 5.13 Å². The number of benzene rings is 1. The van der Waals surface area contributed by atoms with Crippen molar-refractivity contribution in [3.8, 4) is 0 Å². The second-order valence-electron chi connectivity index (χ2n) is 4.87.